The van der Waals surface area contributed by atoms with Crippen LogP contribution < -0.4 is 10.2 Å². The SMILES string of the molecule is CCN1CCN(c2ccc(CNC(=NC)N3CCSC(C(C)C)C3)cn2)CC1.I. The van der Waals surface area contributed by atoms with Gasteiger partial charge in [-0.2, -0.15) is 11.8 Å². The second-order valence-corrected chi connectivity index (χ2v) is 9.29. The summed E-state index contributed by atoms with van der Waals surface area (Å²) < 4.78 is 0. The van der Waals surface area contributed by atoms with Gasteiger partial charge < -0.3 is 20.0 Å². The van der Waals surface area contributed by atoms with Crippen molar-refractivity contribution in [3.63, 3.8) is 0 Å². The number of guanidine groups is 1. The molecule has 0 aliphatic carbocycles. The molecule has 6 nitrogen and oxygen atoms in total. The molecule has 1 aromatic heterocycles. The average molecular weight is 533 g/mol. The van der Waals surface area contributed by atoms with Crippen LogP contribution in [0.3, 0.4) is 0 Å². The lowest BCUT2D eigenvalue weighted by Gasteiger charge is -2.36. The molecule has 2 fully saturated rings. The van der Waals surface area contributed by atoms with E-state index in [0.29, 0.717) is 11.2 Å². The fourth-order valence-electron chi connectivity index (χ4n) is 3.79. The number of thioether (sulfide) groups is 1. The topological polar surface area (TPSA) is 47.0 Å². The maximum absolute atomic E-state index is 4.72. The Morgan fingerprint density at radius 3 is 2.59 bits per heavy atom. The summed E-state index contributed by atoms with van der Waals surface area (Å²) in [5, 5.41) is 4.22. The number of aliphatic imine (C=N–C) groups is 1. The molecule has 164 valence electrons. The van der Waals surface area contributed by atoms with Crippen molar-refractivity contribution < 1.29 is 0 Å². The molecule has 2 aliphatic rings. The molecule has 1 unspecified atom stereocenters. The van der Waals surface area contributed by atoms with Crippen LogP contribution in [-0.4, -0.2) is 84.6 Å². The highest BCUT2D eigenvalue weighted by Crippen LogP contribution is 2.25. The standard InChI is InChI=1S/C21H36N6S.HI/c1-5-25-8-10-26(11-9-25)20-7-6-18(14-23-20)15-24-21(22-4)27-12-13-28-19(16-27)17(2)3;/h6-7,14,17,19H,5,8-13,15-16H2,1-4H3,(H,22,24);1H. The summed E-state index contributed by atoms with van der Waals surface area (Å²) >= 11 is 2.09. The highest BCUT2D eigenvalue weighted by atomic mass is 127. The maximum Gasteiger partial charge on any atom is 0.193 e. The van der Waals surface area contributed by atoms with Crippen LogP contribution in [0.1, 0.15) is 26.3 Å². The van der Waals surface area contributed by atoms with Gasteiger partial charge in [-0.15, -0.1) is 24.0 Å². The molecule has 1 aromatic rings. The van der Waals surface area contributed by atoms with Crippen molar-refractivity contribution in [2.45, 2.75) is 32.6 Å². The number of nitrogens with zero attached hydrogens (tertiary/aromatic N) is 5. The summed E-state index contributed by atoms with van der Waals surface area (Å²) in [6.07, 6.45) is 2.00. The summed E-state index contributed by atoms with van der Waals surface area (Å²) in [6.45, 7) is 15.3. The van der Waals surface area contributed by atoms with Gasteiger partial charge >= 0.3 is 0 Å². The van der Waals surface area contributed by atoms with E-state index in [9.17, 15) is 0 Å². The van der Waals surface area contributed by atoms with Crippen molar-refractivity contribution in [1.29, 1.82) is 0 Å². The number of rotatable bonds is 5. The Morgan fingerprint density at radius 1 is 1.24 bits per heavy atom. The van der Waals surface area contributed by atoms with Crippen LogP contribution in [0.25, 0.3) is 0 Å². The summed E-state index contributed by atoms with van der Waals surface area (Å²) in [7, 11) is 1.88. The highest BCUT2D eigenvalue weighted by molar-refractivity contribution is 14.0. The molecule has 2 aliphatic heterocycles. The Labute approximate surface area is 197 Å². The van der Waals surface area contributed by atoms with E-state index < -0.39 is 0 Å². The van der Waals surface area contributed by atoms with E-state index in [4.69, 9.17) is 4.98 Å². The molecule has 1 N–H and O–H groups in total. The van der Waals surface area contributed by atoms with Gasteiger partial charge in [0.1, 0.15) is 5.82 Å². The Kier molecular flexibility index (Phi) is 10.3. The lowest BCUT2D eigenvalue weighted by atomic mass is 10.1. The number of hydrogen-bond donors (Lipinski definition) is 1. The van der Waals surface area contributed by atoms with Crippen molar-refractivity contribution in [2.24, 2.45) is 10.9 Å². The van der Waals surface area contributed by atoms with Gasteiger partial charge in [0.2, 0.25) is 0 Å². The minimum atomic E-state index is 0. The van der Waals surface area contributed by atoms with E-state index in [0.717, 1.165) is 64.1 Å². The van der Waals surface area contributed by atoms with E-state index in [1.807, 2.05) is 13.2 Å². The molecular formula is C21H37IN6S. The molecule has 0 radical (unpaired) electrons. The van der Waals surface area contributed by atoms with Crippen molar-refractivity contribution in [2.75, 3.05) is 63.5 Å². The lowest BCUT2D eigenvalue weighted by molar-refractivity contribution is 0.270. The zero-order valence-corrected chi connectivity index (χ0v) is 21.5. The molecular weight excluding hydrogens is 495 g/mol. The summed E-state index contributed by atoms with van der Waals surface area (Å²) in [5.41, 5.74) is 1.20. The molecule has 3 rings (SSSR count). The Hall–Kier alpha value is -0.740. The number of hydrogen-bond acceptors (Lipinski definition) is 5. The first-order valence-electron chi connectivity index (χ1n) is 10.6. The second-order valence-electron chi connectivity index (χ2n) is 7.95. The molecule has 0 amide bonds. The first kappa shape index (κ1) is 24.5. The minimum absolute atomic E-state index is 0. The second kappa shape index (κ2) is 12.2. The normalized spacial score (nSPS) is 21.3. The third kappa shape index (κ3) is 6.89. The monoisotopic (exact) mass is 532 g/mol. The largest absolute Gasteiger partial charge is 0.354 e. The van der Waals surface area contributed by atoms with Gasteiger partial charge in [0, 0.05) is 70.1 Å². The predicted molar refractivity (Wildman–Crippen MR) is 137 cm³/mol. The molecule has 29 heavy (non-hydrogen) atoms. The van der Waals surface area contributed by atoms with Gasteiger partial charge in [0.15, 0.2) is 5.96 Å². The zero-order valence-electron chi connectivity index (χ0n) is 18.3. The number of halogens is 1. The van der Waals surface area contributed by atoms with Gasteiger partial charge in [-0.1, -0.05) is 26.8 Å². The van der Waals surface area contributed by atoms with Crippen molar-refractivity contribution in [3.8, 4) is 0 Å². The Morgan fingerprint density at radius 2 is 2.00 bits per heavy atom. The molecule has 0 aromatic carbocycles. The minimum Gasteiger partial charge on any atom is -0.354 e. The summed E-state index contributed by atoms with van der Waals surface area (Å²) in [5.74, 6) is 3.97. The van der Waals surface area contributed by atoms with Crippen LogP contribution in [0.5, 0.6) is 0 Å². The zero-order chi connectivity index (χ0) is 19.9. The molecule has 0 spiro atoms. The van der Waals surface area contributed by atoms with Gasteiger partial charge in [-0.05, 0) is 24.1 Å². The number of likely N-dealkylation sites (N-methyl/N-ethyl adjacent to an activating group) is 1. The van der Waals surface area contributed by atoms with Crippen LogP contribution in [0.2, 0.25) is 0 Å². The van der Waals surface area contributed by atoms with E-state index in [2.05, 4.69) is 69.7 Å². The smallest absolute Gasteiger partial charge is 0.193 e. The average Bonchev–Trinajstić information content (AvgIpc) is 2.75. The van der Waals surface area contributed by atoms with E-state index in [1.165, 1.54) is 11.3 Å². The molecule has 0 bridgehead atoms. The maximum atomic E-state index is 4.72. The quantitative estimate of drug-likeness (QED) is 0.358. The van der Waals surface area contributed by atoms with Crippen LogP contribution in [0.4, 0.5) is 5.82 Å². The molecule has 0 saturated carbocycles. The van der Waals surface area contributed by atoms with Crippen LogP contribution in [0.15, 0.2) is 23.3 Å². The number of nitrogens with one attached hydrogen (secondary N) is 1. The van der Waals surface area contributed by atoms with E-state index in [1.54, 1.807) is 0 Å². The van der Waals surface area contributed by atoms with E-state index >= 15 is 0 Å². The van der Waals surface area contributed by atoms with Gasteiger partial charge in [0.05, 0.1) is 0 Å². The number of aromatic nitrogens is 1. The molecule has 2 saturated heterocycles. The first-order valence-corrected chi connectivity index (χ1v) is 11.6. The van der Waals surface area contributed by atoms with E-state index in [-0.39, 0.29) is 24.0 Å². The Bertz CT molecular complexity index is 631. The van der Waals surface area contributed by atoms with Crippen molar-refractivity contribution >= 4 is 47.5 Å². The number of anilines is 1. The number of pyridine rings is 1. The van der Waals surface area contributed by atoms with Crippen LogP contribution >= 0.6 is 35.7 Å². The van der Waals surface area contributed by atoms with Crippen LogP contribution in [0, 0.1) is 5.92 Å². The van der Waals surface area contributed by atoms with Gasteiger partial charge in [-0.3, -0.25) is 4.99 Å². The fourth-order valence-corrected chi connectivity index (χ4v) is 5.08. The molecule has 1 atom stereocenters. The lowest BCUT2D eigenvalue weighted by Crippen LogP contribution is -2.48. The Balaban J connectivity index is 0.00000300. The summed E-state index contributed by atoms with van der Waals surface area (Å²) in [6, 6.07) is 4.35. The molecule has 3 heterocycles. The third-order valence-electron chi connectivity index (χ3n) is 5.75. The van der Waals surface area contributed by atoms with Gasteiger partial charge in [-0.25, -0.2) is 4.98 Å². The summed E-state index contributed by atoms with van der Waals surface area (Å²) in [4.78, 5) is 16.5. The number of piperazine rings is 1. The van der Waals surface area contributed by atoms with Crippen molar-refractivity contribution in [1.82, 2.24) is 20.1 Å². The van der Waals surface area contributed by atoms with Gasteiger partial charge in [0.25, 0.3) is 0 Å². The predicted octanol–water partition coefficient (Wildman–Crippen LogP) is 2.99. The van der Waals surface area contributed by atoms with Crippen LogP contribution in [-0.2, 0) is 6.54 Å². The third-order valence-corrected chi connectivity index (χ3v) is 7.29. The molecule has 8 heteroatoms. The van der Waals surface area contributed by atoms with Crippen molar-refractivity contribution in [3.05, 3.63) is 23.9 Å². The first-order chi connectivity index (χ1) is 13.6. The fraction of sp³-hybridized carbons (Fsp3) is 0.714. The highest BCUT2D eigenvalue weighted by Gasteiger charge is 2.24.